The van der Waals surface area contributed by atoms with E-state index in [1.807, 2.05) is 6.92 Å². The maximum Gasteiger partial charge on any atom is 0.0877 e. The summed E-state index contributed by atoms with van der Waals surface area (Å²) in [5.41, 5.74) is -0.898. The van der Waals surface area contributed by atoms with E-state index < -0.39 is 11.7 Å². The molecule has 0 aromatic carbocycles. The van der Waals surface area contributed by atoms with Gasteiger partial charge in [0.1, 0.15) is 0 Å². The lowest BCUT2D eigenvalue weighted by atomic mass is 9.75. The average Bonchev–Trinajstić information content (AvgIpc) is 2.18. The lowest BCUT2D eigenvalue weighted by Gasteiger charge is -2.37. The van der Waals surface area contributed by atoms with E-state index in [2.05, 4.69) is 6.92 Å². The maximum atomic E-state index is 10.0. The number of hydrogen-bond acceptors (Lipinski definition) is 2. The van der Waals surface area contributed by atoms with E-state index in [4.69, 9.17) is 0 Å². The topological polar surface area (TPSA) is 40.5 Å². The molecule has 1 aliphatic rings. The van der Waals surface area contributed by atoms with E-state index in [9.17, 15) is 10.2 Å². The highest BCUT2D eigenvalue weighted by atomic mass is 16.3. The summed E-state index contributed by atoms with van der Waals surface area (Å²) in [6.07, 6.45) is 4.61. The smallest absolute Gasteiger partial charge is 0.0877 e. The molecule has 84 valence electrons. The molecule has 2 nitrogen and oxygen atoms in total. The maximum absolute atomic E-state index is 10.0. The highest BCUT2D eigenvalue weighted by molar-refractivity contribution is 4.87. The second kappa shape index (κ2) is 4.63. The zero-order chi connectivity index (χ0) is 10.8. The molecule has 0 aromatic rings. The quantitative estimate of drug-likeness (QED) is 0.734. The Morgan fingerprint density at radius 1 is 1.29 bits per heavy atom. The summed E-state index contributed by atoms with van der Waals surface area (Å²) < 4.78 is 0. The van der Waals surface area contributed by atoms with E-state index in [1.165, 1.54) is 12.8 Å². The number of rotatable bonds is 3. The molecule has 0 saturated heterocycles. The molecular formula is C12H24O2. The Balaban J connectivity index is 2.49. The first-order valence-corrected chi connectivity index (χ1v) is 5.87. The van der Waals surface area contributed by atoms with Crippen LogP contribution in [0, 0.1) is 11.8 Å². The molecule has 0 radical (unpaired) electrons. The fourth-order valence-electron chi connectivity index (χ4n) is 2.32. The number of aliphatic hydroxyl groups is 2. The zero-order valence-corrected chi connectivity index (χ0v) is 9.66. The van der Waals surface area contributed by atoms with Crippen LogP contribution in [-0.2, 0) is 0 Å². The van der Waals surface area contributed by atoms with E-state index in [-0.39, 0.29) is 0 Å². The van der Waals surface area contributed by atoms with Crippen LogP contribution in [0.25, 0.3) is 0 Å². The molecule has 0 amide bonds. The molecule has 2 atom stereocenters. The van der Waals surface area contributed by atoms with Crippen molar-refractivity contribution < 1.29 is 10.2 Å². The minimum absolute atomic E-state index is 0.307. The molecule has 0 bridgehead atoms. The van der Waals surface area contributed by atoms with Gasteiger partial charge in [-0.25, -0.2) is 0 Å². The third-order valence-corrected chi connectivity index (χ3v) is 3.86. The van der Waals surface area contributed by atoms with Crippen LogP contribution < -0.4 is 0 Å². The van der Waals surface area contributed by atoms with Crippen LogP contribution in [0.1, 0.15) is 52.9 Å². The molecule has 0 aromatic heterocycles. The van der Waals surface area contributed by atoms with Crippen LogP contribution in [0.15, 0.2) is 0 Å². The van der Waals surface area contributed by atoms with Crippen LogP contribution in [0.3, 0.4) is 0 Å². The third-order valence-electron chi connectivity index (χ3n) is 3.86. The van der Waals surface area contributed by atoms with E-state index >= 15 is 0 Å². The van der Waals surface area contributed by atoms with E-state index in [0.717, 1.165) is 18.8 Å². The molecule has 1 fully saturated rings. The van der Waals surface area contributed by atoms with Gasteiger partial charge < -0.3 is 10.2 Å². The van der Waals surface area contributed by atoms with Crippen LogP contribution in [0.5, 0.6) is 0 Å². The van der Waals surface area contributed by atoms with Gasteiger partial charge in [-0.1, -0.05) is 26.7 Å². The van der Waals surface area contributed by atoms with Crippen molar-refractivity contribution in [1.29, 1.82) is 0 Å². The van der Waals surface area contributed by atoms with Crippen molar-refractivity contribution in [3.05, 3.63) is 0 Å². The Labute approximate surface area is 87.3 Å². The summed E-state index contributed by atoms with van der Waals surface area (Å²) in [6.45, 7) is 5.94. The van der Waals surface area contributed by atoms with Gasteiger partial charge in [-0.3, -0.25) is 0 Å². The van der Waals surface area contributed by atoms with Gasteiger partial charge >= 0.3 is 0 Å². The Morgan fingerprint density at radius 2 is 1.79 bits per heavy atom. The summed E-state index contributed by atoms with van der Waals surface area (Å²) in [4.78, 5) is 0. The van der Waals surface area contributed by atoms with E-state index in [0.29, 0.717) is 12.3 Å². The molecule has 2 unspecified atom stereocenters. The van der Waals surface area contributed by atoms with Gasteiger partial charge in [0.25, 0.3) is 0 Å². The fourth-order valence-corrected chi connectivity index (χ4v) is 2.32. The molecule has 1 aliphatic carbocycles. The second-order valence-corrected chi connectivity index (χ2v) is 5.18. The Hall–Kier alpha value is -0.0800. The largest absolute Gasteiger partial charge is 0.390 e. The zero-order valence-electron chi connectivity index (χ0n) is 9.66. The van der Waals surface area contributed by atoms with Crippen LogP contribution >= 0.6 is 0 Å². The third kappa shape index (κ3) is 2.71. The predicted molar refractivity (Wildman–Crippen MR) is 58.0 cm³/mol. The number of hydrogen-bond donors (Lipinski definition) is 2. The first-order chi connectivity index (χ1) is 6.47. The van der Waals surface area contributed by atoms with Crippen molar-refractivity contribution in [2.24, 2.45) is 11.8 Å². The summed E-state index contributed by atoms with van der Waals surface area (Å²) in [6, 6.07) is 0. The second-order valence-electron chi connectivity index (χ2n) is 5.18. The average molecular weight is 200 g/mol. The summed E-state index contributed by atoms with van der Waals surface area (Å²) in [5.74, 6) is 1.10. The molecule has 2 heteroatoms. The molecule has 0 aliphatic heterocycles. The lowest BCUT2D eigenvalue weighted by molar-refractivity contribution is -0.0985. The van der Waals surface area contributed by atoms with Gasteiger partial charge in [-0.05, 0) is 38.0 Å². The Bertz CT molecular complexity index is 169. The van der Waals surface area contributed by atoms with Crippen molar-refractivity contribution >= 4 is 0 Å². The minimum atomic E-state index is -0.898. The Morgan fingerprint density at radius 3 is 2.21 bits per heavy atom. The van der Waals surface area contributed by atoms with Crippen molar-refractivity contribution in [2.45, 2.75) is 64.6 Å². The molecular weight excluding hydrogens is 176 g/mol. The highest BCUT2D eigenvalue weighted by Gasteiger charge is 2.36. The van der Waals surface area contributed by atoms with Crippen molar-refractivity contribution in [3.8, 4) is 0 Å². The molecule has 2 N–H and O–H groups in total. The monoisotopic (exact) mass is 200 g/mol. The van der Waals surface area contributed by atoms with Gasteiger partial charge in [-0.2, -0.15) is 0 Å². The van der Waals surface area contributed by atoms with Crippen molar-refractivity contribution in [2.75, 3.05) is 0 Å². The van der Waals surface area contributed by atoms with Crippen LogP contribution in [0.2, 0.25) is 0 Å². The molecule has 0 spiro atoms. The van der Waals surface area contributed by atoms with Crippen LogP contribution in [0.4, 0.5) is 0 Å². The SMILES string of the molecule is CCC(C)(O)C(O)C1CCC(C)CC1. The summed E-state index contributed by atoms with van der Waals surface area (Å²) in [7, 11) is 0. The predicted octanol–water partition coefficient (Wildman–Crippen LogP) is 2.33. The van der Waals surface area contributed by atoms with Gasteiger partial charge in [0.2, 0.25) is 0 Å². The Kier molecular flexibility index (Phi) is 3.96. The van der Waals surface area contributed by atoms with Gasteiger partial charge in [-0.15, -0.1) is 0 Å². The van der Waals surface area contributed by atoms with Gasteiger partial charge in [0.15, 0.2) is 0 Å². The molecule has 1 rings (SSSR count). The molecule has 0 heterocycles. The summed E-state index contributed by atoms with van der Waals surface area (Å²) >= 11 is 0. The summed E-state index contributed by atoms with van der Waals surface area (Å²) in [5, 5.41) is 20.0. The standard InChI is InChI=1S/C12H24O2/c1-4-12(3,14)11(13)10-7-5-9(2)6-8-10/h9-11,13-14H,4-8H2,1-3H3. The van der Waals surface area contributed by atoms with E-state index in [1.54, 1.807) is 6.92 Å². The normalized spacial score (nSPS) is 34.9. The van der Waals surface area contributed by atoms with Crippen LogP contribution in [-0.4, -0.2) is 21.9 Å². The molecule has 1 saturated carbocycles. The molecule has 14 heavy (non-hydrogen) atoms. The van der Waals surface area contributed by atoms with Crippen molar-refractivity contribution in [1.82, 2.24) is 0 Å². The number of aliphatic hydroxyl groups excluding tert-OH is 1. The first kappa shape index (κ1) is 12.0. The minimum Gasteiger partial charge on any atom is -0.390 e. The fraction of sp³-hybridized carbons (Fsp3) is 1.00. The van der Waals surface area contributed by atoms with Gasteiger partial charge in [0, 0.05) is 0 Å². The van der Waals surface area contributed by atoms with Gasteiger partial charge in [0.05, 0.1) is 11.7 Å². The van der Waals surface area contributed by atoms with Crippen molar-refractivity contribution in [3.63, 3.8) is 0 Å². The lowest BCUT2D eigenvalue weighted by Crippen LogP contribution is -2.44. The highest BCUT2D eigenvalue weighted by Crippen LogP contribution is 2.34. The first-order valence-electron chi connectivity index (χ1n) is 5.87.